The standard InChI is InChI=1S/C16H23FN2O/c1-10-6-7-12(9-15(10)17)11(2)19-16(20)13-4-3-5-14(18)8-13/h6-7,9,11,13-14H,3-5,8,18H2,1-2H3,(H,19,20). The smallest absolute Gasteiger partial charge is 0.223 e. The van der Waals surface area contributed by atoms with Gasteiger partial charge in [0.05, 0.1) is 6.04 Å². The van der Waals surface area contributed by atoms with Crippen LogP contribution < -0.4 is 11.1 Å². The molecule has 0 heterocycles. The lowest BCUT2D eigenvalue weighted by atomic mass is 9.85. The van der Waals surface area contributed by atoms with Gasteiger partial charge in [-0.25, -0.2) is 4.39 Å². The molecule has 0 aliphatic heterocycles. The molecule has 0 bridgehead atoms. The summed E-state index contributed by atoms with van der Waals surface area (Å²) in [7, 11) is 0. The Morgan fingerprint density at radius 1 is 1.45 bits per heavy atom. The normalized spacial score (nSPS) is 24.2. The molecule has 0 saturated heterocycles. The molecule has 2 rings (SSSR count). The van der Waals surface area contributed by atoms with E-state index in [1.54, 1.807) is 13.0 Å². The lowest BCUT2D eigenvalue weighted by molar-refractivity contribution is -0.126. The van der Waals surface area contributed by atoms with Crippen LogP contribution in [-0.2, 0) is 4.79 Å². The molecule has 3 nitrogen and oxygen atoms in total. The van der Waals surface area contributed by atoms with E-state index >= 15 is 0 Å². The maximum absolute atomic E-state index is 13.6. The Balaban J connectivity index is 1.97. The van der Waals surface area contributed by atoms with Gasteiger partial charge in [-0.1, -0.05) is 18.6 Å². The van der Waals surface area contributed by atoms with Crippen molar-refractivity contribution in [2.24, 2.45) is 11.7 Å². The first-order valence-corrected chi connectivity index (χ1v) is 7.29. The summed E-state index contributed by atoms with van der Waals surface area (Å²) in [4.78, 5) is 12.2. The summed E-state index contributed by atoms with van der Waals surface area (Å²) in [5.74, 6) is -0.201. The van der Waals surface area contributed by atoms with Gasteiger partial charge in [0.15, 0.2) is 0 Å². The Kier molecular flexibility index (Phi) is 4.76. The van der Waals surface area contributed by atoms with Gasteiger partial charge in [-0.15, -0.1) is 0 Å². The first-order valence-electron chi connectivity index (χ1n) is 7.29. The number of carbonyl (C=O) groups excluding carboxylic acids is 1. The number of carbonyl (C=O) groups is 1. The van der Waals surface area contributed by atoms with Crippen molar-refractivity contribution in [3.63, 3.8) is 0 Å². The van der Waals surface area contributed by atoms with Crippen LogP contribution in [0.2, 0.25) is 0 Å². The van der Waals surface area contributed by atoms with Gasteiger partial charge in [-0.2, -0.15) is 0 Å². The maximum atomic E-state index is 13.6. The van der Waals surface area contributed by atoms with E-state index in [0.29, 0.717) is 5.56 Å². The van der Waals surface area contributed by atoms with Gasteiger partial charge in [-0.3, -0.25) is 4.79 Å². The number of amides is 1. The third kappa shape index (κ3) is 3.57. The second kappa shape index (κ2) is 6.35. The van der Waals surface area contributed by atoms with E-state index in [1.165, 1.54) is 6.07 Å². The summed E-state index contributed by atoms with van der Waals surface area (Å²) in [5.41, 5.74) is 7.32. The minimum absolute atomic E-state index is 0.00325. The van der Waals surface area contributed by atoms with E-state index < -0.39 is 0 Å². The highest BCUT2D eigenvalue weighted by Gasteiger charge is 2.26. The number of halogens is 1. The van der Waals surface area contributed by atoms with Crippen LogP contribution >= 0.6 is 0 Å². The van der Waals surface area contributed by atoms with E-state index in [1.807, 2.05) is 13.0 Å². The second-order valence-corrected chi connectivity index (χ2v) is 5.86. The highest BCUT2D eigenvalue weighted by molar-refractivity contribution is 5.79. The molecule has 1 aromatic rings. The van der Waals surface area contributed by atoms with Crippen LogP contribution in [0.3, 0.4) is 0 Å². The van der Waals surface area contributed by atoms with Gasteiger partial charge in [-0.05, 0) is 50.3 Å². The molecule has 3 atom stereocenters. The molecule has 110 valence electrons. The molecule has 3 N–H and O–H groups in total. The van der Waals surface area contributed by atoms with Gasteiger partial charge in [0.25, 0.3) is 0 Å². The maximum Gasteiger partial charge on any atom is 0.223 e. The summed E-state index contributed by atoms with van der Waals surface area (Å²) in [5, 5.41) is 2.97. The van der Waals surface area contributed by atoms with E-state index in [2.05, 4.69) is 5.32 Å². The van der Waals surface area contributed by atoms with Gasteiger partial charge < -0.3 is 11.1 Å². The van der Waals surface area contributed by atoms with Crippen molar-refractivity contribution in [3.05, 3.63) is 35.1 Å². The van der Waals surface area contributed by atoms with Crippen molar-refractivity contribution in [1.82, 2.24) is 5.32 Å². The zero-order chi connectivity index (χ0) is 14.7. The van der Waals surface area contributed by atoms with Crippen molar-refractivity contribution >= 4 is 5.91 Å². The predicted octanol–water partition coefficient (Wildman–Crippen LogP) is 2.83. The van der Waals surface area contributed by atoms with Crippen molar-refractivity contribution in [1.29, 1.82) is 0 Å². The molecule has 1 saturated carbocycles. The summed E-state index contributed by atoms with van der Waals surface area (Å²) in [6.45, 7) is 3.61. The summed E-state index contributed by atoms with van der Waals surface area (Å²) in [6, 6.07) is 5.04. The van der Waals surface area contributed by atoms with Gasteiger partial charge in [0.2, 0.25) is 5.91 Å². The van der Waals surface area contributed by atoms with E-state index in [-0.39, 0.29) is 29.7 Å². The first kappa shape index (κ1) is 15.0. The second-order valence-electron chi connectivity index (χ2n) is 5.86. The first-order chi connectivity index (χ1) is 9.47. The average Bonchev–Trinajstić information content (AvgIpc) is 2.41. The van der Waals surface area contributed by atoms with Crippen LogP contribution in [-0.4, -0.2) is 11.9 Å². The molecule has 20 heavy (non-hydrogen) atoms. The Bertz CT molecular complexity index is 489. The number of rotatable bonds is 3. The lowest BCUT2D eigenvalue weighted by Crippen LogP contribution is -2.38. The van der Waals surface area contributed by atoms with Gasteiger partial charge >= 0.3 is 0 Å². The van der Waals surface area contributed by atoms with Crippen molar-refractivity contribution < 1.29 is 9.18 Å². The van der Waals surface area contributed by atoms with Gasteiger partial charge in [0.1, 0.15) is 5.82 Å². The SMILES string of the molecule is Cc1ccc(C(C)NC(=O)C2CCCC(N)C2)cc1F. The van der Waals surface area contributed by atoms with Crippen molar-refractivity contribution in [3.8, 4) is 0 Å². The number of nitrogens with two attached hydrogens (primary N) is 1. The number of hydrogen-bond acceptors (Lipinski definition) is 2. The Morgan fingerprint density at radius 3 is 2.85 bits per heavy atom. The number of benzene rings is 1. The van der Waals surface area contributed by atoms with Crippen LogP contribution in [0.25, 0.3) is 0 Å². The van der Waals surface area contributed by atoms with E-state index in [4.69, 9.17) is 5.73 Å². The fourth-order valence-corrected chi connectivity index (χ4v) is 2.76. The topological polar surface area (TPSA) is 55.1 Å². The molecule has 1 aliphatic rings. The zero-order valence-corrected chi connectivity index (χ0v) is 12.2. The predicted molar refractivity (Wildman–Crippen MR) is 77.6 cm³/mol. The quantitative estimate of drug-likeness (QED) is 0.893. The van der Waals surface area contributed by atoms with Crippen LogP contribution in [0.15, 0.2) is 18.2 Å². The third-order valence-corrected chi connectivity index (χ3v) is 4.14. The number of nitrogens with one attached hydrogen (secondary N) is 1. The Labute approximate surface area is 119 Å². The molecule has 3 unspecified atom stereocenters. The van der Waals surface area contributed by atoms with Crippen LogP contribution in [0, 0.1) is 18.7 Å². The minimum atomic E-state index is -0.233. The minimum Gasteiger partial charge on any atom is -0.349 e. The zero-order valence-electron chi connectivity index (χ0n) is 12.2. The number of hydrogen-bond donors (Lipinski definition) is 2. The van der Waals surface area contributed by atoms with E-state index in [9.17, 15) is 9.18 Å². The van der Waals surface area contributed by atoms with Crippen molar-refractivity contribution in [2.45, 2.75) is 51.6 Å². The molecule has 1 aliphatic carbocycles. The fourth-order valence-electron chi connectivity index (χ4n) is 2.76. The largest absolute Gasteiger partial charge is 0.349 e. The molecule has 1 amide bonds. The fraction of sp³-hybridized carbons (Fsp3) is 0.562. The summed E-state index contributed by atoms with van der Waals surface area (Å²) in [6.07, 6.45) is 3.66. The molecule has 4 heteroatoms. The van der Waals surface area contributed by atoms with Crippen molar-refractivity contribution in [2.75, 3.05) is 0 Å². The molecule has 0 aromatic heterocycles. The Morgan fingerprint density at radius 2 is 2.20 bits per heavy atom. The van der Waals surface area contributed by atoms with Crippen LogP contribution in [0.1, 0.15) is 49.8 Å². The van der Waals surface area contributed by atoms with E-state index in [0.717, 1.165) is 31.2 Å². The molecule has 1 fully saturated rings. The molecular weight excluding hydrogens is 255 g/mol. The summed E-state index contributed by atoms with van der Waals surface area (Å²) < 4.78 is 13.6. The lowest BCUT2D eigenvalue weighted by Gasteiger charge is -2.27. The monoisotopic (exact) mass is 278 g/mol. The highest BCUT2D eigenvalue weighted by atomic mass is 19.1. The molecular formula is C16H23FN2O. The van der Waals surface area contributed by atoms with Crippen LogP contribution in [0.5, 0.6) is 0 Å². The summed E-state index contributed by atoms with van der Waals surface area (Å²) >= 11 is 0. The third-order valence-electron chi connectivity index (χ3n) is 4.14. The Hall–Kier alpha value is -1.42. The molecule has 1 aromatic carbocycles. The number of aryl methyl sites for hydroxylation is 1. The average molecular weight is 278 g/mol. The van der Waals surface area contributed by atoms with Gasteiger partial charge in [0, 0.05) is 12.0 Å². The molecule has 0 spiro atoms. The molecule has 0 radical (unpaired) electrons. The highest BCUT2D eigenvalue weighted by Crippen LogP contribution is 2.24. The van der Waals surface area contributed by atoms with Crippen LogP contribution in [0.4, 0.5) is 4.39 Å².